The molecule has 0 spiro atoms. The number of aryl methyl sites for hydroxylation is 1. The maximum atomic E-state index is 13.3. The minimum atomic E-state index is -0.430. The molecule has 0 saturated carbocycles. The molecule has 1 amide bonds. The van der Waals surface area contributed by atoms with E-state index in [1.54, 1.807) is 43.6 Å². The fourth-order valence-corrected chi connectivity index (χ4v) is 2.39. The predicted molar refractivity (Wildman–Crippen MR) is 91.6 cm³/mol. The first-order valence-corrected chi connectivity index (χ1v) is 7.80. The van der Waals surface area contributed by atoms with Crippen molar-refractivity contribution < 1.29 is 13.9 Å². The highest BCUT2D eigenvalue weighted by atomic mass is 19.1. The fraction of sp³-hybridized carbons (Fsp3) is 0.167. The van der Waals surface area contributed by atoms with E-state index in [2.05, 4.69) is 15.4 Å². The number of amides is 1. The molecule has 0 aliphatic rings. The van der Waals surface area contributed by atoms with E-state index in [4.69, 9.17) is 4.74 Å². The molecule has 0 bridgehead atoms. The van der Waals surface area contributed by atoms with Crippen LogP contribution in [0.1, 0.15) is 23.0 Å². The van der Waals surface area contributed by atoms with Crippen molar-refractivity contribution in [2.45, 2.75) is 13.8 Å². The average molecular weight is 340 g/mol. The summed E-state index contributed by atoms with van der Waals surface area (Å²) in [4.78, 5) is 16.6. The van der Waals surface area contributed by atoms with Gasteiger partial charge in [0.25, 0.3) is 5.91 Å². The second-order valence-corrected chi connectivity index (χ2v) is 5.32. The van der Waals surface area contributed by atoms with Crippen LogP contribution in [-0.4, -0.2) is 27.3 Å². The van der Waals surface area contributed by atoms with E-state index in [1.165, 1.54) is 16.8 Å². The van der Waals surface area contributed by atoms with Gasteiger partial charge in [0, 0.05) is 6.20 Å². The number of benzene rings is 1. The van der Waals surface area contributed by atoms with Gasteiger partial charge in [0.15, 0.2) is 11.4 Å². The molecule has 0 fully saturated rings. The van der Waals surface area contributed by atoms with E-state index in [0.29, 0.717) is 29.4 Å². The van der Waals surface area contributed by atoms with Gasteiger partial charge in [-0.1, -0.05) is 6.07 Å². The van der Waals surface area contributed by atoms with Crippen molar-refractivity contribution in [3.63, 3.8) is 0 Å². The Balaban J connectivity index is 1.95. The maximum Gasteiger partial charge on any atom is 0.281 e. The third-order valence-electron chi connectivity index (χ3n) is 3.51. The van der Waals surface area contributed by atoms with Gasteiger partial charge in [-0.2, -0.15) is 5.10 Å². The number of nitrogens with one attached hydrogen (secondary N) is 1. The molecular weight excluding hydrogens is 323 g/mol. The number of hydrogen-bond donors (Lipinski definition) is 1. The minimum Gasteiger partial charge on any atom is -0.490 e. The van der Waals surface area contributed by atoms with E-state index in [-0.39, 0.29) is 11.5 Å². The summed E-state index contributed by atoms with van der Waals surface area (Å²) in [6.07, 6.45) is 3.19. The van der Waals surface area contributed by atoms with Crippen LogP contribution in [0, 0.1) is 12.7 Å². The quantitative estimate of drug-likeness (QED) is 0.773. The molecule has 2 aromatic heterocycles. The molecule has 3 rings (SSSR count). The summed E-state index contributed by atoms with van der Waals surface area (Å²) in [5, 5.41) is 6.99. The van der Waals surface area contributed by atoms with Crippen LogP contribution in [0.3, 0.4) is 0 Å². The Hall–Kier alpha value is -3.22. The van der Waals surface area contributed by atoms with Gasteiger partial charge in [0.1, 0.15) is 11.6 Å². The Labute approximate surface area is 144 Å². The van der Waals surface area contributed by atoms with Gasteiger partial charge in [-0.05, 0) is 49.7 Å². The standard InChI is InChI=1S/C18H17FN4O2/c1-3-25-15-11-23(14-8-7-13(19)10-12(14)2)22-17(15)18(24)21-16-6-4-5-9-20-16/h4-11H,3H2,1-2H3,(H,20,21,24). The second-order valence-electron chi connectivity index (χ2n) is 5.32. The highest BCUT2D eigenvalue weighted by molar-refractivity contribution is 6.04. The van der Waals surface area contributed by atoms with Gasteiger partial charge in [0.05, 0.1) is 18.5 Å². The summed E-state index contributed by atoms with van der Waals surface area (Å²) < 4.78 is 20.3. The number of carbonyl (C=O) groups excluding carboxylic acids is 1. The molecule has 2 heterocycles. The first-order chi connectivity index (χ1) is 12.1. The molecular formula is C18H17FN4O2. The van der Waals surface area contributed by atoms with Crippen LogP contribution in [0.15, 0.2) is 48.8 Å². The molecule has 0 atom stereocenters. The molecule has 3 aromatic rings. The average Bonchev–Trinajstić information content (AvgIpc) is 3.00. The second kappa shape index (κ2) is 7.12. The van der Waals surface area contributed by atoms with Crippen LogP contribution in [0.2, 0.25) is 0 Å². The lowest BCUT2D eigenvalue weighted by atomic mass is 10.2. The van der Waals surface area contributed by atoms with Gasteiger partial charge in [-0.15, -0.1) is 0 Å². The smallest absolute Gasteiger partial charge is 0.281 e. The van der Waals surface area contributed by atoms with Crippen molar-refractivity contribution >= 4 is 11.7 Å². The highest BCUT2D eigenvalue weighted by Gasteiger charge is 2.20. The predicted octanol–water partition coefficient (Wildman–Crippen LogP) is 3.37. The first-order valence-electron chi connectivity index (χ1n) is 7.80. The summed E-state index contributed by atoms with van der Waals surface area (Å²) in [6, 6.07) is 9.57. The molecule has 7 heteroatoms. The molecule has 6 nitrogen and oxygen atoms in total. The maximum absolute atomic E-state index is 13.3. The van der Waals surface area contributed by atoms with Crippen molar-refractivity contribution in [1.82, 2.24) is 14.8 Å². The van der Waals surface area contributed by atoms with Crippen LogP contribution >= 0.6 is 0 Å². The summed E-state index contributed by atoms with van der Waals surface area (Å²) >= 11 is 0. The van der Waals surface area contributed by atoms with Crippen molar-refractivity contribution in [3.8, 4) is 11.4 Å². The van der Waals surface area contributed by atoms with Crippen LogP contribution in [0.25, 0.3) is 5.69 Å². The van der Waals surface area contributed by atoms with Crippen molar-refractivity contribution in [2.75, 3.05) is 11.9 Å². The summed E-state index contributed by atoms with van der Waals surface area (Å²) in [5.41, 5.74) is 1.50. The summed E-state index contributed by atoms with van der Waals surface area (Å²) in [5.74, 6) is 0.00865. The molecule has 0 radical (unpaired) electrons. The normalized spacial score (nSPS) is 10.5. The molecule has 0 saturated heterocycles. The Bertz CT molecular complexity index is 893. The van der Waals surface area contributed by atoms with E-state index in [1.807, 2.05) is 6.92 Å². The highest BCUT2D eigenvalue weighted by Crippen LogP contribution is 2.23. The molecule has 25 heavy (non-hydrogen) atoms. The molecule has 0 unspecified atom stereocenters. The number of ether oxygens (including phenoxy) is 1. The zero-order chi connectivity index (χ0) is 17.8. The number of nitrogens with zero attached hydrogens (tertiary/aromatic N) is 3. The first kappa shape index (κ1) is 16.6. The number of rotatable bonds is 5. The number of aromatic nitrogens is 3. The molecule has 0 aliphatic heterocycles. The summed E-state index contributed by atoms with van der Waals surface area (Å²) in [7, 11) is 0. The number of pyridine rings is 1. The van der Waals surface area contributed by atoms with Gasteiger partial charge in [-0.3, -0.25) is 4.79 Å². The number of hydrogen-bond acceptors (Lipinski definition) is 4. The molecule has 128 valence electrons. The zero-order valence-electron chi connectivity index (χ0n) is 13.9. The minimum absolute atomic E-state index is 0.135. The van der Waals surface area contributed by atoms with Crippen LogP contribution in [0.4, 0.5) is 10.2 Å². The van der Waals surface area contributed by atoms with E-state index in [0.717, 1.165) is 0 Å². The van der Waals surface area contributed by atoms with Gasteiger partial charge in [0.2, 0.25) is 0 Å². The topological polar surface area (TPSA) is 69.0 Å². The molecule has 0 aliphatic carbocycles. The van der Waals surface area contributed by atoms with Crippen LogP contribution < -0.4 is 10.1 Å². The number of carbonyl (C=O) groups is 1. The number of halogens is 1. The Morgan fingerprint density at radius 3 is 2.84 bits per heavy atom. The SMILES string of the molecule is CCOc1cn(-c2ccc(F)cc2C)nc1C(=O)Nc1ccccn1. The van der Waals surface area contributed by atoms with Crippen molar-refractivity contribution in [3.05, 3.63) is 65.9 Å². The largest absolute Gasteiger partial charge is 0.490 e. The van der Waals surface area contributed by atoms with Crippen LogP contribution in [0.5, 0.6) is 5.75 Å². The Morgan fingerprint density at radius 2 is 2.16 bits per heavy atom. The monoisotopic (exact) mass is 340 g/mol. The number of anilines is 1. The lowest BCUT2D eigenvalue weighted by Crippen LogP contribution is -2.15. The molecule has 1 aromatic carbocycles. The zero-order valence-corrected chi connectivity index (χ0v) is 13.9. The van der Waals surface area contributed by atoms with Crippen molar-refractivity contribution in [1.29, 1.82) is 0 Å². The Kier molecular flexibility index (Phi) is 4.74. The lowest BCUT2D eigenvalue weighted by molar-refractivity contribution is 0.101. The summed E-state index contributed by atoms with van der Waals surface area (Å²) in [6.45, 7) is 3.98. The fourth-order valence-electron chi connectivity index (χ4n) is 2.39. The van der Waals surface area contributed by atoms with Crippen molar-refractivity contribution in [2.24, 2.45) is 0 Å². The third kappa shape index (κ3) is 3.65. The van der Waals surface area contributed by atoms with Gasteiger partial charge < -0.3 is 10.1 Å². The van der Waals surface area contributed by atoms with E-state index in [9.17, 15) is 9.18 Å². The van der Waals surface area contributed by atoms with E-state index < -0.39 is 5.91 Å². The van der Waals surface area contributed by atoms with E-state index >= 15 is 0 Å². The lowest BCUT2D eigenvalue weighted by Gasteiger charge is -2.05. The molecule has 1 N–H and O–H groups in total. The Morgan fingerprint density at radius 1 is 1.32 bits per heavy atom. The van der Waals surface area contributed by atoms with Gasteiger partial charge >= 0.3 is 0 Å². The van der Waals surface area contributed by atoms with Gasteiger partial charge in [-0.25, -0.2) is 14.1 Å². The van der Waals surface area contributed by atoms with Crippen LogP contribution in [-0.2, 0) is 0 Å². The third-order valence-corrected chi connectivity index (χ3v) is 3.51.